The first-order valence-electron chi connectivity index (χ1n) is 7.16. The second kappa shape index (κ2) is 7.08. The van der Waals surface area contributed by atoms with Gasteiger partial charge in [-0.25, -0.2) is 8.78 Å². The van der Waals surface area contributed by atoms with E-state index < -0.39 is 28.7 Å². The van der Waals surface area contributed by atoms with Crippen molar-refractivity contribution in [1.29, 1.82) is 0 Å². The molecule has 6 nitrogen and oxygen atoms in total. The summed E-state index contributed by atoms with van der Waals surface area (Å²) in [6, 6.07) is 7.15. The molecule has 10 heteroatoms. The van der Waals surface area contributed by atoms with Crippen molar-refractivity contribution in [3.8, 4) is 22.6 Å². The zero-order valence-electron chi connectivity index (χ0n) is 12.9. The maximum absolute atomic E-state index is 14.2. The van der Waals surface area contributed by atoms with Gasteiger partial charge < -0.3 is 8.92 Å². The number of ether oxygens (including phenoxy) is 1. The van der Waals surface area contributed by atoms with Crippen LogP contribution in [0.5, 0.6) is 11.5 Å². The number of halogens is 3. The van der Waals surface area contributed by atoms with Crippen LogP contribution in [0.1, 0.15) is 5.56 Å². The molecule has 0 aliphatic rings. The second-order valence-corrected chi connectivity index (χ2v) is 6.09. The number of benzene rings is 2. The first-order chi connectivity index (χ1) is 12.3. The van der Waals surface area contributed by atoms with Gasteiger partial charge in [0.25, 0.3) is 0 Å². The van der Waals surface area contributed by atoms with Gasteiger partial charge in [0.15, 0.2) is 0 Å². The van der Waals surface area contributed by atoms with E-state index in [0.29, 0.717) is 11.1 Å². The van der Waals surface area contributed by atoms with E-state index in [1.165, 1.54) is 24.5 Å². The van der Waals surface area contributed by atoms with E-state index in [1.54, 1.807) is 0 Å². The summed E-state index contributed by atoms with van der Waals surface area (Å²) < 4.78 is 70.8. The van der Waals surface area contributed by atoms with Gasteiger partial charge >= 0.3 is 10.5 Å². The highest BCUT2D eigenvalue weighted by Gasteiger charge is 2.14. The summed E-state index contributed by atoms with van der Waals surface area (Å²) in [5, 5.41) is 6.28. The molecule has 0 fully saturated rings. The van der Waals surface area contributed by atoms with Gasteiger partial charge in [-0.15, -0.1) is 0 Å². The van der Waals surface area contributed by atoms with E-state index in [-0.39, 0.29) is 17.1 Å². The van der Waals surface area contributed by atoms with Crippen LogP contribution in [0.4, 0.5) is 12.7 Å². The Kier molecular flexibility index (Phi) is 4.85. The molecule has 0 amide bonds. The van der Waals surface area contributed by atoms with Crippen LogP contribution in [0, 0.1) is 11.6 Å². The Bertz CT molecular complexity index is 983. The number of rotatable bonds is 6. The van der Waals surface area contributed by atoms with E-state index in [4.69, 9.17) is 4.74 Å². The smallest absolute Gasteiger partial charge is 0.488 e. The molecule has 0 bridgehead atoms. The molecule has 3 rings (SSSR count). The summed E-state index contributed by atoms with van der Waals surface area (Å²) in [5.74, 6) is -1.65. The summed E-state index contributed by atoms with van der Waals surface area (Å²) in [6.45, 7) is -0.398. The molecule has 0 unspecified atom stereocenters. The Morgan fingerprint density at radius 3 is 2.15 bits per heavy atom. The zero-order valence-corrected chi connectivity index (χ0v) is 13.8. The molecular weight excluding hydrogens is 373 g/mol. The fraction of sp³-hybridized carbons (Fsp3) is 0.0625. The molecule has 1 N–H and O–H groups in total. The van der Waals surface area contributed by atoms with Crippen molar-refractivity contribution in [1.82, 2.24) is 10.2 Å². The largest absolute Gasteiger partial charge is 0.489 e. The zero-order chi connectivity index (χ0) is 18.7. The minimum Gasteiger partial charge on any atom is -0.489 e. The maximum atomic E-state index is 14.2. The SMILES string of the molecule is O=S(=O)(F)Oc1ccc(OCc2c(F)cc(-c3cn[nH]c3)cc2F)cc1. The first kappa shape index (κ1) is 17.8. The van der Waals surface area contributed by atoms with Crippen LogP contribution >= 0.6 is 0 Å². The van der Waals surface area contributed by atoms with Gasteiger partial charge in [-0.2, -0.15) is 13.5 Å². The maximum Gasteiger partial charge on any atom is 0.488 e. The number of nitrogens with one attached hydrogen (secondary N) is 1. The van der Waals surface area contributed by atoms with Crippen molar-refractivity contribution in [3.05, 3.63) is 66.0 Å². The Morgan fingerprint density at radius 2 is 1.62 bits per heavy atom. The van der Waals surface area contributed by atoms with E-state index in [2.05, 4.69) is 14.4 Å². The molecule has 0 spiro atoms. The van der Waals surface area contributed by atoms with Crippen LogP contribution in [-0.2, 0) is 17.1 Å². The minimum atomic E-state index is -5.13. The highest BCUT2D eigenvalue weighted by atomic mass is 32.3. The van der Waals surface area contributed by atoms with Gasteiger partial charge in [-0.05, 0) is 42.0 Å². The average Bonchev–Trinajstić information content (AvgIpc) is 3.08. The lowest BCUT2D eigenvalue weighted by molar-refractivity contribution is 0.292. The number of aromatic nitrogens is 2. The molecular formula is C16H11F3N2O4S. The Balaban J connectivity index is 1.72. The Labute approximate surface area is 146 Å². The lowest BCUT2D eigenvalue weighted by atomic mass is 10.1. The Morgan fingerprint density at radius 1 is 1.00 bits per heavy atom. The Hall–Kier alpha value is -3.01. The molecule has 3 aromatic rings. The van der Waals surface area contributed by atoms with Crippen molar-refractivity contribution in [2.45, 2.75) is 6.61 Å². The van der Waals surface area contributed by atoms with Crippen molar-refractivity contribution >= 4 is 10.5 Å². The average molecular weight is 384 g/mol. The van der Waals surface area contributed by atoms with Crippen molar-refractivity contribution in [2.24, 2.45) is 0 Å². The van der Waals surface area contributed by atoms with Gasteiger partial charge in [0.2, 0.25) is 0 Å². The lowest BCUT2D eigenvalue weighted by Crippen LogP contribution is -2.03. The van der Waals surface area contributed by atoms with E-state index in [9.17, 15) is 21.1 Å². The van der Waals surface area contributed by atoms with Crippen LogP contribution in [0.2, 0.25) is 0 Å². The lowest BCUT2D eigenvalue weighted by Gasteiger charge is -2.10. The van der Waals surface area contributed by atoms with Crippen LogP contribution < -0.4 is 8.92 Å². The van der Waals surface area contributed by atoms with E-state index in [1.807, 2.05) is 0 Å². The normalized spacial score (nSPS) is 11.3. The van der Waals surface area contributed by atoms with Crippen molar-refractivity contribution < 1.29 is 30.0 Å². The third-order valence-corrected chi connectivity index (χ3v) is 3.77. The third-order valence-electron chi connectivity index (χ3n) is 3.38. The van der Waals surface area contributed by atoms with Gasteiger partial charge in [0.05, 0.1) is 11.8 Å². The van der Waals surface area contributed by atoms with E-state index in [0.717, 1.165) is 24.3 Å². The predicted molar refractivity (Wildman–Crippen MR) is 85.4 cm³/mol. The molecule has 0 saturated carbocycles. The molecule has 0 aliphatic carbocycles. The van der Waals surface area contributed by atoms with Gasteiger partial charge in [0.1, 0.15) is 29.7 Å². The monoisotopic (exact) mass is 384 g/mol. The number of H-pyrrole nitrogens is 1. The third kappa shape index (κ3) is 4.33. The number of aromatic amines is 1. The summed E-state index contributed by atoms with van der Waals surface area (Å²) >= 11 is 0. The molecule has 1 heterocycles. The highest BCUT2D eigenvalue weighted by molar-refractivity contribution is 7.81. The van der Waals surface area contributed by atoms with Crippen molar-refractivity contribution in [2.75, 3.05) is 0 Å². The summed E-state index contributed by atoms with van der Waals surface area (Å²) in [6.07, 6.45) is 2.94. The molecule has 26 heavy (non-hydrogen) atoms. The van der Waals surface area contributed by atoms with Gasteiger partial charge in [0, 0.05) is 11.8 Å². The minimum absolute atomic E-state index is 0.186. The van der Waals surface area contributed by atoms with Crippen molar-refractivity contribution in [3.63, 3.8) is 0 Å². The van der Waals surface area contributed by atoms with Crippen LogP contribution in [0.3, 0.4) is 0 Å². The van der Waals surface area contributed by atoms with Gasteiger partial charge in [-0.3, -0.25) is 5.10 Å². The topological polar surface area (TPSA) is 81.3 Å². The first-order valence-corrected chi connectivity index (χ1v) is 8.47. The molecule has 0 radical (unpaired) electrons. The second-order valence-electron chi connectivity index (χ2n) is 5.14. The molecule has 0 aliphatic heterocycles. The van der Waals surface area contributed by atoms with E-state index >= 15 is 0 Å². The highest BCUT2D eigenvalue weighted by Crippen LogP contribution is 2.25. The van der Waals surface area contributed by atoms with Gasteiger partial charge in [-0.1, -0.05) is 3.89 Å². The quantitative estimate of drug-likeness (QED) is 0.658. The molecule has 2 aromatic carbocycles. The predicted octanol–water partition coefficient (Wildman–Crippen LogP) is 3.53. The number of nitrogens with zero attached hydrogens (tertiary/aromatic N) is 1. The molecule has 0 saturated heterocycles. The fourth-order valence-electron chi connectivity index (χ4n) is 2.18. The van der Waals surface area contributed by atoms with Crippen LogP contribution in [0.25, 0.3) is 11.1 Å². The summed E-state index contributed by atoms with van der Waals surface area (Å²) in [4.78, 5) is 0. The number of hydrogen-bond acceptors (Lipinski definition) is 5. The standard InChI is InChI=1S/C16H11F3N2O4S/c17-15-5-10(11-7-20-21-8-11)6-16(18)14(15)9-24-12-1-3-13(4-2-12)25-26(19,22)23/h1-8H,9H2,(H,20,21). The molecule has 136 valence electrons. The summed E-state index contributed by atoms with van der Waals surface area (Å²) in [7, 11) is -5.13. The molecule has 0 atom stereocenters. The number of hydrogen-bond donors (Lipinski definition) is 1. The fourth-order valence-corrected chi connectivity index (χ4v) is 2.52. The van der Waals surface area contributed by atoms with Crippen LogP contribution in [-0.4, -0.2) is 18.6 Å². The van der Waals surface area contributed by atoms with Crippen LogP contribution in [0.15, 0.2) is 48.8 Å². The molecule has 1 aromatic heterocycles. The summed E-state index contributed by atoms with van der Waals surface area (Å²) in [5.41, 5.74) is 0.587.